The van der Waals surface area contributed by atoms with Crippen LogP contribution in [0.25, 0.3) is 0 Å². The molecule has 1 saturated heterocycles. The molecule has 0 aromatic carbocycles. The van der Waals surface area contributed by atoms with E-state index in [1.165, 1.54) is 4.90 Å². The van der Waals surface area contributed by atoms with E-state index < -0.39 is 90.0 Å². The summed E-state index contributed by atoms with van der Waals surface area (Å²) >= 11 is 0. The van der Waals surface area contributed by atoms with Crippen LogP contribution in [-0.2, 0) is 33.6 Å². The molecular weight excluding hydrogens is 736 g/mol. The van der Waals surface area contributed by atoms with Gasteiger partial charge >= 0.3 is 5.97 Å². The summed E-state index contributed by atoms with van der Waals surface area (Å²) in [5.74, 6) is -6.83. The summed E-state index contributed by atoms with van der Waals surface area (Å²) in [7, 11) is 0. The van der Waals surface area contributed by atoms with Gasteiger partial charge in [0.2, 0.25) is 35.4 Å². The molecule has 1 aliphatic heterocycles. The number of aliphatic imine (C=N–C) groups is 3. The minimum absolute atomic E-state index is 0.00230. The van der Waals surface area contributed by atoms with Crippen LogP contribution in [-0.4, -0.2) is 132 Å². The van der Waals surface area contributed by atoms with Crippen LogP contribution in [0.15, 0.2) is 15.0 Å². The zero-order valence-electron chi connectivity index (χ0n) is 31.9. The van der Waals surface area contributed by atoms with Gasteiger partial charge in [0.15, 0.2) is 17.9 Å². The minimum atomic E-state index is -1.33. The van der Waals surface area contributed by atoms with Crippen molar-refractivity contribution in [3.63, 3.8) is 0 Å². The first-order valence-electron chi connectivity index (χ1n) is 18.2. The number of likely N-dealkylation sites (tertiary alicyclic amines) is 1. The number of carboxylic acid groups (broad SMARTS) is 1. The normalized spacial score (nSPS) is 16.2. The third-order valence-electron chi connectivity index (χ3n) is 8.54. The average molecular weight is 797 g/mol. The topological polar surface area (TPSA) is 436 Å². The first-order valence-corrected chi connectivity index (χ1v) is 18.2. The number of guanidine groups is 3. The van der Waals surface area contributed by atoms with Crippen LogP contribution in [0.5, 0.6) is 0 Å². The molecule has 6 amide bonds. The van der Waals surface area contributed by atoms with E-state index >= 15 is 0 Å². The molecule has 0 aliphatic carbocycles. The summed E-state index contributed by atoms with van der Waals surface area (Å²) in [5, 5.41) is 20.0. The van der Waals surface area contributed by atoms with E-state index in [1.54, 1.807) is 13.8 Å². The van der Waals surface area contributed by atoms with E-state index in [4.69, 9.17) is 45.9 Å². The van der Waals surface area contributed by atoms with E-state index in [1.807, 2.05) is 0 Å². The Morgan fingerprint density at radius 2 is 1.16 bits per heavy atom. The van der Waals surface area contributed by atoms with Crippen LogP contribution >= 0.6 is 0 Å². The molecule has 6 atom stereocenters. The van der Waals surface area contributed by atoms with E-state index in [0.29, 0.717) is 6.42 Å². The van der Waals surface area contributed by atoms with Crippen molar-refractivity contribution in [1.29, 1.82) is 0 Å². The number of amides is 6. The maximum absolute atomic E-state index is 13.9. The molecule has 1 heterocycles. The van der Waals surface area contributed by atoms with Gasteiger partial charge in [-0.1, -0.05) is 13.8 Å². The Labute approximate surface area is 324 Å². The van der Waals surface area contributed by atoms with E-state index in [0.717, 1.165) is 0 Å². The fourth-order valence-electron chi connectivity index (χ4n) is 5.70. The summed E-state index contributed by atoms with van der Waals surface area (Å²) < 4.78 is 0. The summed E-state index contributed by atoms with van der Waals surface area (Å²) in [6, 6.07) is -7.36. The molecule has 1 fully saturated rings. The number of carbonyl (C=O) groups excluding carboxylic acids is 6. The molecule has 21 N–H and O–H groups in total. The van der Waals surface area contributed by atoms with Gasteiger partial charge in [0.1, 0.15) is 30.2 Å². The largest absolute Gasteiger partial charge is 0.480 e. The van der Waals surface area contributed by atoms with Crippen LogP contribution in [0.3, 0.4) is 0 Å². The second kappa shape index (κ2) is 24.5. The lowest BCUT2D eigenvalue weighted by Crippen LogP contribution is -2.59. The highest BCUT2D eigenvalue weighted by atomic mass is 16.4. The molecule has 1 aliphatic rings. The predicted octanol–water partition coefficient (Wildman–Crippen LogP) is -5.98. The zero-order chi connectivity index (χ0) is 42.5. The Morgan fingerprint density at radius 3 is 1.62 bits per heavy atom. The number of primary amides is 1. The monoisotopic (exact) mass is 796 g/mol. The lowest BCUT2D eigenvalue weighted by atomic mass is 10.0. The summed E-state index contributed by atoms with van der Waals surface area (Å²) in [4.78, 5) is 104. The number of nitrogens with one attached hydrogen (secondary N) is 4. The first-order chi connectivity index (χ1) is 26.2. The first kappa shape index (κ1) is 48.1. The highest BCUT2D eigenvalue weighted by molar-refractivity contribution is 5.97. The number of nitrogens with two attached hydrogens (primary N) is 8. The molecule has 0 spiro atoms. The van der Waals surface area contributed by atoms with Gasteiger partial charge < -0.3 is 77.1 Å². The Hall–Kier alpha value is -5.94. The zero-order valence-corrected chi connectivity index (χ0v) is 31.9. The lowest BCUT2D eigenvalue weighted by molar-refractivity contribution is -0.143. The average Bonchev–Trinajstić information content (AvgIpc) is 3.60. The number of hydrogen-bond donors (Lipinski definition) is 13. The van der Waals surface area contributed by atoms with Gasteiger partial charge in [-0.25, -0.2) is 4.79 Å². The highest BCUT2D eigenvalue weighted by Gasteiger charge is 2.39. The van der Waals surface area contributed by atoms with Crippen LogP contribution < -0.4 is 67.1 Å². The summed E-state index contributed by atoms with van der Waals surface area (Å²) in [5.41, 5.74) is 43.2. The fraction of sp³-hybridized carbons (Fsp3) is 0.688. The second-order valence-corrected chi connectivity index (χ2v) is 13.6. The van der Waals surface area contributed by atoms with Crippen molar-refractivity contribution >= 4 is 59.3 Å². The SMILES string of the molecule is CC(C)[C@H](NC(=O)[C@H](CCCN=C(N)N)NC(=O)[C@@H]1CCCN1C(=O)[C@H](CCCN=C(N)N)NC(=O)[C@@H](N)CC(N)=O)C(=O)N[C@@H](CCCN=C(N)N)C(=O)O. The third kappa shape index (κ3) is 17.9. The molecule has 0 saturated carbocycles. The van der Waals surface area contributed by atoms with Gasteiger partial charge in [-0.3, -0.25) is 43.7 Å². The number of aliphatic carboxylic acids is 1. The molecule has 56 heavy (non-hydrogen) atoms. The van der Waals surface area contributed by atoms with Crippen molar-refractivity contribution in [2.24, 2.45) is 66.8 Å². The van der Waals surface area contributed by atoms with Gasteiger partial charge in [-0.15, -0.1) is 0 Å². The fourth-order valence-corrected chi connectivity index (χ4v) is 5.70. The second-order valence-electron chi connectivity index (χ2n) is 13.6. The van der Waals surface area contributed by atoms with E-state index in [-0.39, 0.29) is 89.0 Å². The number of carbonyl (C=O) groups is 7. The van der Waals surface area contributed by atoms with Crippen LogP contribution in [0.4, 0.5) is 0 Å². The van der Waals surface area contributed by atoms with Crippen molar-refractivity contribution in [2.75, 3.05) is 26.2 Å². The Kier molecular flexibility index (Phi) is 21.0. The molecule has 1 rings (SSSR count). The maximum atomic E-state index is 13.9. The Bertz CT molecular complexity index is 1460. The summed E-state index contributed by atoms with van der Waals surface area (Å²) in [6.07, 6.45) is 0.910. The number of nitrogens with zero attached hydrogens (tertiary/aromatic N) is 4. The van der Waals surface area contributed by atoms with Gasteiger partial charge in [0, 0.05) is 26.2 Å². The van der Waals surface area contributed by atoms with Gasteiger partial charge in [-0.05, 0) is 57.3 Å². The number of hydrogen-bond acceptors (Lipinski definition) is 11. The van der Waals surface area contributed by atoms with Gasteiger partial charge in [0.05, 0.1) is 12.5 Å². The van der Waals surface area contributed by atoms with Crippen molar-refractivity contribution in [3.05, 3.63) is 0 Å². The predicted molar refractivity (Wildman–Crippen MR) is 206 cm³/mol. The van der Waals surface area contributed by atoms with Gasteiger partial charge in [-0.2, -0.15) is 0 Å². The number of carboxylic acids is 1. The molecule has 0 bridgehead atoms. The van der Waals surface area contributed by atoms with Crippen molar-refractivity contribution < 1.29 is 38.7 Å². The molecule has 0 aromatic heterocycles. The number of rotatable bonds is 25. The van der Waals surface area contributed by atoms with E-state index in [9.17, 15) is 38.7 Å². The Morgan fingerprint density at radius 1 is 0.679 bits per heavy atom. The van der Waals surface area contributed by atoms with Crippen LogP contribution in [0.1, 0.15) is 71.6 Å². The quantitative estimate of drug-likeness (QED) is 0.0232. The van der Waals surface area contributed by atoms with Crippen molar-refractivity contribution in [1.82, 2.24) is 26.2 Å². The van der Waals surface area contributed by atoms with Gasteiger partial charge in [0.25, 0.3) is 0 Å². The van der Waals surface area contributed by atoms with Crippen LogP contribution in [0, 0.1) is 5.92 Å². The third-order valence-corrected chi connectivity index (χ3v) is 8.54. The molecule has 316 valence electrons. The molecule has 0 radical (unpaired) electrons. The molecule has 0 aromatic rings. The Balaban J connectivity index is 3.27. The molecule has 24 heteroatoms. The maximum Gasteiger partial charge on any atom is 0.326 e. The molecular formula is C32H60N16O8. The van der Waals surface area contributed by atoms with E-state index in [2.05, 4.69) is 36.2 Å². The smallest absolute Gasteiger partial charge is 0.326 e. The van der Waals surface area contributed by atoms with Crippen LogP contribution in [0.2, 0.25) is 0 Å². The van der Waals surface area contributed by atoms with Crippen molar-refractivity contribution in [2.45, 2.75) is 108 Å². The molecule has 24 nitrogen and oxygen atoms in total. The lowest BCUT2D eigenvalue weighted by Gasteiger charge is -2.31. The minimum Gasteiger partial charge on any atom is -0.480 e. The molecule has 0 unspecified atom stereocenters. The van der Waals surface area contributed by atoms with Crippen molar-refractivity contribution in [3.8, 4) is 0 Å². The highest BCUT2D eigenvalue weighted by Crippen LogP contribution is 2.21. The summed E-state index contributed by atoms with van der Waals surface area (Å²) in [6.45, 7) is 3.78. The standard InChI is InChI=1S/C32H60N16O8/c1-16(2)23(27(53)46-20(29(55)56)9-5-13-43-32(39)40)47-25(51)18(7-3-11-41-30(35)36)44-26(52)21-10-6-14-48(21)28(54)19(8-4-12-42-31(37)38)45-24(50)17(33)15-22(34)49/h16-21,23H,3-15,33H2,1-2H3,(H2,34,49)(H,44,52)(H,45,50)(H,46,53)(H,47,51)(H,55,56)(H4,35,36,41)(H4,37,38,42)(H4,39,40,43)/t17-,18-,19-,20-,21-,23-/m0/s1.